The molecule has 2 heterocycles. The molecule has 1 N–H and O–H groups in total. The molecule has 2 unspecified atom stereocenters. The quantitative estimate of drug-likeness (QED) is 0.332. The lowest BCUT2D eigenvalue weighted by Crippen LogP contribution is -2.39. The van der Waals surface area contributed by atoms with Gasteiger partial charge in [-0.05, 0) is 105 Å². The van der Waals surface area contributed by atoms with Crippen LogP contribution in [0.4, 0.5) is 0 Å². The first-order valence-electron chi connectivity index (χ1n) is 12.7. The highest BCUT2D eigenvalue weighted by Gasteiger charge is 2.33. The minimum Gasteiger partial charge on any atom is -0.338 e. The van der Waals surface area contributed by atoms with Crippen LogP contribution in [0.5, 0.6) is 0 Å². The molecular formula is C30H32ClN3. The Kier molecular flexibility index (Phi) is 5.92. The molecule has 34 heavy (non-hydrogen) atoms. The van der Waals surface area contributed by atoms with Gasteiger partial charge in [-0.15, -0.1) is 0 Å². The maximum absolute atomic E-state index is 6.14. The summed E-state index contributed by atoms with van der Waals surface area (Å²) in [4.78, 5) is 11.0. The highest BCUT2D eigenvalue weighted by atomic mass is 35.5. The SMILES string of the molecule is Cc1cc(-c2nc3ccc(Cl)cc3[nH]2)ccc1C1CCC(N2CCC(c3ccccc3)CC2)C1. The lowest BCUT2D eigenvalue weighted by Gasteiger charge is -2.36. The molecule has 3 aromatic carbocycles. The molecule has 1 saturated heterocycles. The molecule has 0 amide bonds. The molecule has 2 fully saturated rings. The number of aromatic amines is 1. The summed E-state index contributed by atoms with van der Waals surface area (Å²) >= 11 is 6.14. The van der Waals surface area contributed by atoms with Gasteiger partial charge >= 0.3 is 0 Å². The normalized spacial score (nSPS) is 21.9. The Labute approximate surface area is 207 Å². The van der Waals surface area contributed by atoms with Crippen molar-refractivity contribution in [1.82, 2.24) is 14.9 Å². The van der Waals surface area contributed by atoms with Gasteiger partial charge in [0.25, 0.3) is 0 Å². The topological polar surface area (TPSA) is 31.9 Å². The Morgan fingerprint density at radius 3 is 2.50 bits per heavy atom. The van der Waals surface area contributed by atoms with E-state index in [1.165, 1.54) is 61.9 Å². The molecule has 1 aliphatic carbocycles. The van der Waals surface area contributed by atoms with Gasteiger partial charge in [0, 0.05) is 16.6 Å². The second-order valence-electron chi connectivity index (χ2n) is 10.2. The van der Waals surface area contributed by atoms with E-state index in [0.717, 1.165) is 39.4 Å². The van der Waals surface area contributed by atoms with Gasteiger partial charge in [0.2, 0.25) is 0 Å². The zero-order chi connectivity index (χ0) is 23.1. The second-order valence-corrected chi connectivity index (χ2v) is 10.6. The van der Waals surface area contributed by atoms with E-state index in [1.807, 2.05) is 18.2 Å². The van der Waals surface area contributed by atoms with Crippen molar-refractivity contribution in [2.24, 2.45) is 0 Å². The molecule has 0 bridgehead atoms. The van der Waals surface area contributed by atoms with Crippen LogP contribution in [0.15, 0.2) is 66.7 Å². The number of H-pyrrole nitrogens is 1. The van der Waals surface area contributed by atoms with Gasteiger partial charge in [0.1, 0.15) is 5.82 Å². The fourth-order valence-corrected chi connectivity index (χ4v) is 6.47. The minimum absolute atomic E-state index is 0.667. The van der Waals surface area contributed by atoms with Crippen molar-refractivity contribution in [3.63, 3.8) is 0 Å². The van der Waals surface area contributed by atoms with Gasteiger partial charge in [-0.2, -0.15) is 0 Å². The van der Waals surface area contributed by atoms with Crippen molar-refractivity contribution >= 4 is 22.6 Å². The first-order valence-corrected chi connectivity index (χ1v) is 13.1. The second kappa shape index (κ2) is 9.20. The van der Waals surface area contributed by atoms with Crippen molar-refractivity contribution in [1.29, 1.82) is 0 Å². The van der Waals surface area contributed by atoms with Gasteiger partial charge in [0.15, 0.2) is 0 Å². The first-order chi connectivity index (χ1) is 16.6. The predicted octanol–water partition coefficient (Wildman–Crippen LogP) is 7.71. The summed E-state index contributed by atoms with van der Waals surface area (Å²) in [5, 5.41) is 0.731. The lowest BCUT2D eigenvalue weighted by atomic mass is 9.88. The molecule has 4 aromatic rings. The Morgan fingerprint density at radius 2 is 1.71 bits per heavy atom. The zero-order valence-corrected chi connectivity index (χ0v) is 20.6. The van der Waals surface area contributed by atoms with E-state index in [9.17, 15) is 0 Å². The van der Waals surface area contributed by atoms with Crippen LogP contribution in [-0.2, 0) is 0 Å². The molecule has 2 atom stereocenters. The van der Waals surface area contributed by atoms with E-state index in [0.29, 0.717) is 5.92 Å². The van der Waals surface area contributed by atoms with Gasteiger partial charge in [-0.3, -0.25) is 0 Å². The van der Waals surface area contributed by atoms with E-state index in [2.05, 4.69) is 65.3 Å². The van der Waals surface area contributed by atoms with Gasteiger partial charge in [0.05, 0.1) is 11.0 Å². The fourth-order valence-electron chi connectivity index (χ4n) is 6.29. The number of hydrogen-bond donors (Lipinski definition) is 1. The molecule has 0 radical (unpaired) electrons. The molecule has 1 aromatic heterocycles. The van der Waals surface area contributed by atoms with Crippen LogP contribution in [0.25, 0.3) is 22.4 Å². The van der Waals surface area contributed by atoms with Crippen LogP contribution in [-0.4, -0.2) is 34.0 Å². The number of benzene rings is 3. The Hall–Kier alpha value is -2.62. The molecule has 174 valence electrons. The number of likely N-dealkylation sites (tertiary alicyclic amines) is 1. The number of nitrogens with one attached hydrogen (secondary N) is 1. The van der Waals surface area contributed by atoms with E-state index >= 15 is 0 Å². The van der Waals surface area contributed by atoms with Crippen LogP contribution in [0, 0.1) is 6.92 Å². The van der Waals surface area contributed by atoms with Crippen molar-refractivity contribution in [3.05, 3.63) is 88.4 Å². The summed E-state index contributed by atoms with van der Waals surface area (Å²) in [6.07, 6.45) is 6.50. The Balaban J connectivity index is 1.12. The number of hydrogen-bond acceptors (Lipinski definition) is 2. The first kappa shape index (κ1) is 21.9. The monoisotopic (exact) mass is 469 g/mol. The summed E-state index contributed by atoms with van der Waals surface area (Å²) in [5.74, 6) is 2.32. The molecule has 6 rings (SSSR count). The number of rotatable bonds is 4. The average Bonchev–Trinajstić information content (AvgIpc) is 3.52. The third-order valence-electron chi connectivity index (χ3n) is 8.15. The van der Waals surface area contributed by atoms with Gasteiger partial charge < -0.3 is 9.88 Å². The standard InChI is InChI=1S/C30H32ClN3/c1-20-17-24(30-32-28-12-9-25(31)19-29(28)33-30)8-11-27(20)23-7-10-26(18-23)34-15-13-22(14-16-34)21-5-3-2-4-6-21/h2-6,8-9,11-12,17,19,22-23,26H,7,10,13-16,18H2,1H3,(H,32,33). The van der Waals surface area contributed by atoms with Crippen LogP contribution in [0.1, 0.15) is 60.6 Å². The summed E-state index contributed by atoms with van der Waals surface area (Å²) in [7, 11) is 0. The fraction of sp³-hybridized carbons (Fsp3) is 0.367. The molecule has 3 nitrogen and oxygen atoms in total. The number of aromatic nitrogens is 2. The van der Waals surface area contributed by atoms with Gasteiger partial charge in [-0.1, -0.05) is 54.1 Å². The summed E-state index contributed by atoms with van der Waals surface area (Å²) < 4.78 is 0. The summed E-state index contributed by atoms with van der Waals surface area (Å²) in [6, 6.07) is 24.5. The summed E-state index contributed by atoms with van der Waals surface area (Å²) in [5.41, 5.74) is 7.50. The molecule has 1 aliphatic heterocycles. The minimum atomic E-state index is 0.667. The number of piperidine rings is 1. The maximum atomic E-state index is 6.14. The Bertz CT molecular complexity index is 1290. The third kappa shape index (κ3) is 4.28. The molecular weight excluding hydrogens is 438 g/mol. The zero-order valence-electron chi connectivity index (χ0n) is 19.8. The number of halogens is 1. The van der Waals surface area contributed by atoms with Crippen LogP contribution in [0.3, 0.4) is 0 Å². The molecule has 1 saturated carbocycles. The van der Waals surface area contributed by atoms with E-state index in [4.69, 9.17) is 16.6 Å². The molecule has 0 spiro atoms. The number of nitrogens with zero attached hydrogens (tertiary/aromatic N) is 2. The maximum Gasteiger partial charge on any atom is 0.138 e. The number of imidazole rings is 1. The average molecular weight is 470 g/mol. The van der Waals surface area contributed by atoms with E-state index < -0.39 is 0 Å². The van der Waals surface area contributed by atoms with Crippen LogP contribution in [0.2, 0.25) is 5.02 Å². The molecule has 2 aliphatic rings. The smallest absolute Gasteiger partial charge is 0.138 e. The van der Waals surface area contributed by atoms with E-state index in [-0.39, 0.29) is 0 Å². The largest absolute Gasteiger partial charge is 0.338 e. The predicted molar refractivity (Wildman–Crippen MR) is 142 cm³/mol. The van der Waals surface area contributed by atoms with Crippen molar-refractivity contribution in [3.8, 4) is 11.4 Å². The van der Waals surface area contributed by atoms with Crippen molar-refractivity contribution in [2.75, 3.05) is 13.1 Å². The van der Waals surface area contributed by atoms with Gasteiger partial charge in [-0.25, -0.2) is 4.98 Å². The van der Waals surface area contributed by atoms with Crippen molar-refractivity contribution < 1.29 is 0 Å². The highest BCUT2D eigenvalue weighted by molar-refractivity contribution is 6.31. The third-order valence-corrected chi connectivity index (χ3v) is 8.38. The van der Waals surface area contributed by atoms with Crippen LogP contribution >= 0.6 is 11.6 Å². The highest BCUT2D eigenvalue weighted by Crippen LogP contribution is 2.41. The van der Waals surface area contributed by atoms with E-state index in [1.54, 1.807) is 0 Å². The number of fused-ring (bicyclic) bond motifs is 1. The summed E-state index contributed by atoms with van der Waals surface area (Å²) in [6.45, 7) is 4.74. The Morgan fingerprint density at radius 1 is 0.882 bits per heavy atom. The van der Waals surface area contributed by atoms with Crippen molar-refractivity contribution in [2.45, 2.75) is 56.9 Å². The molecule has 4 heteroatoms. The van der Waals surface area contributed by atoms with Crippen LogP contribution < -0.4 is 0 Å². The lowest BCUT2D eigenvalue weighted by molar-refractivity contribution is 0.153. The number of aryl methyl sites for hydroxylation is 1.